The molecule has 7 nitrogen and oxygen atoms in total. The van der Waals surface area contributed by atoms with Crippen molar-refractivity contribution in [3.05, 3.63) is 24.3 Å². The highest BCUT2D eigenvalue weighted by molar-refractivity contribution is 5.96. The van der Waals surface area contributed by atoms with Crippen molar-refractivity contribution in [2.24, 2.45) is 0 Å². The first-order chi connectivity index (χ1) is 12.5. The van der Waals surface area contributed by atoms with Gasteiger partial charge in [0.1, 0.15) is 5.75 Å². The van der Waals surface area contributed by atoms with Crippen LogP contribution in [0.1, 0.15) is 32.6 Å². The second-order valence-electron chi connectivity index (χ2n) is 7.13. The van der Waals surface area contributed by atoms with Gasteiger partial charge in [-0.1, -0.05) is 25.0 Å². The van der Waals surface area contributed by atoms with Gasteiger partial charge < -0.3 is 15.3 Å². The van der Waals surface area contributed by atoms with Crippen LogP contribution in [0.15, 0.2) is 24.3 Å². The minimum atomic E-state index is -0.387. The molecule has 1 aromatic rings. The first kappa shape index (κ1) is 18.5. The topological polar surface area (TPSA) is 84.9 Å². The molecule has 3 amide bonds. The van der Waals surface area contributed by atoms with Crippen LogP contribution in [0.5, 0.6) is 5.75 Å². The molecule has 1 aliphatic heterocycles. The van der Waals surface area contributed by atoms with Gasteiger partial charge in [-0.15, -0.1) is 0 Å². The maximum absolute atomic E-state index is 12.4. The Kier molecular flexibility index (Phi) is 5.98. The molecular formula is C19H28N4O3. The highest BCUT2D eigenvalue weighted by atomic mass is 16.3. The van der Waals surface area contributed by atoms with Crippen LogP contribution < -0.4 is 15.5 Å². The molecule has 0 aromatic heterocycles. The van der Waals surface area contributed by atoms with E-state index in [1.54, 1.807) is 12.1 Å². The highest BCUT2D eigenvalue weighted by Crippen LogP contribution is 2.27. The van der Waals surface area contributed by atoms with E-state index in [9.17, 15) is 14.7 Å². The zero-order valence-corrected chi connectivity index (χ0v) is 15.3. The van der Waals surface area contributed by atoms with Crippen molar-refractivity contribution in [3.63, 3.8) is 0 Å². The van der Waals surface area contributed by atoms with Gasteiger partial charge in [-0.25, -0.2) is 4.79 Å². The number of nitrogens with one attached hydrogen (secondary N) is 2. The Bertz CT molecular complexity index is 637. The van der Waals surface area contributed by atoms with Gasteiger partial charge in [0, 0.05) is 32.2 Å². The molecule has 1 atom stereocenters. The first-order valence-electron chi connectivity index (χ1n) is 9.43. The minimum Gasteiger partial charge on any atom is -0.506 e. The summed E-state index contributed by atoms with van der Waals surface area (Å²) in [4.78, 5) is 28.5. The standard InChI is InChI=1S/C19H28N4O3/c1-14(18(25)21-19(26)20-15-6-2-3-7-15)22-10-12-23(13-11-22)16-8-4-5-9-17(16)24/h4-5,8-9,14-15,24H,2-3,6-7,10-13H2,1H3,(H2,20,21,25,26)/t14-/m1/s1. The average molecular weight is 360 g/mol. The van der Waals surface area contributed by atoms with Crippen LogP contribution in [-0.2, 0) is 4.79 Å². The summed E-state index contributed by atoms with van der Waals surface area (Å²) in [5, 5.41) is 15.3. The number of hydrogen-bond acceptors (Lipinski definition) is 5. The van der Waals surface area contributed by atoms with Crippen molar-refractivity contribution < 1.29 is 14.7 Å². The lowest BCUT2D eigenvalue weighted by Crippen LogP contribution is -2.56. The maximum Gasteiger partial charge on any atom is 0.321 e. The highest BCUT2D eigenvalue weighted by Gasteiger charge is 2.28. The molecule has 0 unspecified atom stereocenters. The summed E-state index contributed by atoms with van der Waals surface area (Å²) in [6, 6.07) is 6.73. The normalized spacial score (nSPS) is 20.0. The van der Waals surface area contributed by atoms with Crippen LogP contribution in [0, 0.1) is 0 Å². The number of benzene rings is 1. The Morgan fingerprint density at radius 1 is 1.12 bits per heavy atom. The number of phenols is 1. The van der Waals surface area contributed by atoms with Gasteiger partial charge in [-0.3, -0.25) is 15.0 Å². The lowest BCUT2D eigenvalue weighted by atomic mass is 10.2. The molecule has 1 aromatic carbocycles. The van der Waals surface area contributed by atoms with Crippen molar-refractivity contribution in [2.75, 3.05) is 31.1 Å². The molecule has 26 heavy (non-hydrogen) atoms. The molecule has 3 N–H and O–H groups in total. The second-order valence-corrected chi connectivity index (χ2v) is 7.13. The van der Waals surface area contributed by atoms with Gasteiger partial charge in [0.25, 0.3) is 0 Å². The first-order valence-corrected chi connectivity index (χ1v) is 9.43. The Morgan fingerprint density at radius 2 is 1.77 bits per heavy atom. The van der Waals surface area contributed by atoms with E-state index < -0.39 is 0 Å². The number of para-hydroxylation sites is 2. The number of carbonyl (C=O) groups excluding carboxylic acids is 2. The van der Waals surface area contributed by atoms with Gasteiger partial charge in [-0.2, -0.15) is 0 Å². The number of carbonyl (C=O) groups is 2. The number of rotatable bonds is 4. The van der Waals surface area contributed by atoms with E-state index in [4.69, 9.17) is 0 Å². The Labute approximate surface area is 154 Å². The zero-order chi connectivity index (χ0) is 18.5. The fraction of sp³-hybridized carbons (Fsp3) is 0.579. The number of imide groups is 1. The van der Waals surface area contributed by atoms with Gasteiger partial charge in [-0.05, 0) is 31.9 Å². The molecule has 1 saturated heterocycles. The van der Waals surface area contributed by atoms with E-state index in [0.29, 0.717) is 13.1 Å². The SMILES string of the molecule is C[C@H](C(=O)NC(=O)NC1CCCC1)N1CCN(c2ccccc2O)CC1. The predicted octanol–water partition coefficient (Wildman–Crippen LogP) is 1.67. The number of nitrogens with zero attached hydrogens (tertiary/aromatic N) is 2. The van der Waals surface area contributed by atoms with Crippen LogP contribution in [0.2, 0.25) is 0 Å². The van der Waals surface area contributed by atoms with Crippen LogP contribution in [-0.4, -0.2) is 60.2 Å². The summed E-state index contributed by atoms with van der Waals surface area (Å²) in [5.74, 6) is 0.00632. The lowest BCUT2D eigenvalue weighted by molar-refractivity contribution is -0.124. The summed E-state index contributed by atoms with van der Waals surface area (Å²) < 4.78 is 0. The maximum atomic E-state index is 12.4. The number of phenolic OH excluding ortho intramolecular Hbond substituents is 1. The van der Waals surface area contributed by atoms with Crippen LogP contribution in [0.4, 0.5) is 10.5 Å². The van der Waals surface area contributed by atoms with E-state index >= 15 is 0 Å². The predicted molar refractivity (Wildman–Crippen MR) is 100 cm³/mol. The summed E-state index contributed by atoms with van der Waals surface area (Å²) in [5.41, 5.74) is 0.820. The number of urea groups is 1. The van der Waals surface area contributed by atoms with Gasteiger partial charge in [0.05, 0.1) is 11.7 Å². The number of aromatic hydroxyl groups is 1. The molecular weight excluding hydrogens is 332 g/mol. The van der Waals surface area contributed by atoms with Crippen molar-refractivity contribution in [3.8, 4) is 5.75 Å². The quantitative estimate of drug-likeness (QED) is 0.761. The van der Waals surface area contributed by atoms with E-state index in [2.05, 4.69) is 20.4 Å². The summed E-state index contributed by atoms with van der Waals surface area (Å²) >= 11 is 0. The number of anilines is 1. The van der Waals surface area contributed by atoms with Crippen molar-refractivity contribution in [1.82, 2.24) is 15.5 Å². The third kappa shape index (κ3) is 4.46. The largest absolute Gasteiger partial charge is 0.506 e. The molecule has 1 heterocycles. The number of amides is 3. The van der Waals surface area contributed by atoms with E-state index in [-0.39, 0.29) is 29.8 Å². The summed E-state index contributed by atoms with van der Waals surface area (Å²) in [6.45, 7) is 4.68. The molecule has 1 saturated carbocycles. The fourth-order valence-electron chi connectivity index (χ4n) is 3.76. The summed E-state index contributed by atoms with van der Waals surface area (Å²) in [7, 11) is 0. The Hall–Kier alpha value is -2.28. The second kappa shape index (κ2) is 8.40. The van der Waals surface area contributed by atoms with E-state index in [1.165, 1.54) is 0 Å². The van der Waals surface area contributed by atoms with Gasteiger partial charge in [0.2, 0.25) is 5.91 Å². The Balaban J connectivity index is 1.46. The molecule has 142 valence electrons. The molecule has 2 aliphatic rings. The summed E-state index contributed by atoms with van der Waals surface area (Å²) in [6.07, 6.45) is 4.25. The molecule has 0 bridgehead atoms. The minimum absolute atomic E-state index is 0.195. The van der Waals surface area contributed by atoms with Crippen LogP contribution in [0.3, 0.4) is 0 Å². The smallest absolute Gasteiger partial charge is 0.321 e. The van der Waals surface area contributed by atoms with Crippen LogP contribution >= 0.6 is 0 Å². The third-order valence-corrected chi connectivity index (χ3v) is 5.39. The third-order valence-electron chi connectivity index (χ3n) is 5.39. The number of piperazine rings is 1. The average Bonchev–Trinajstić information content (AvgIpc) is 3.14. The van der Waals surface area contributed by atoms with Gasteiger partial charge >= 0.3 is 6.03 Å². The monoisotopic (exact) mass is 360 g/mol. The molecule has 1 aliphatic carbocycles. The fourth-order valence-corrected chi connectivity index (χ4v) is 3.76. The molecule has 0 radical (unpaired) electrons. The van der Waals surface area contributed by atoms with Crippen molar-refractivity contribution in [2.45, 2.75) is 44.7 Å². The van der Waals surface area contributed by atoms with E-state index in [1.807, 2.05) is 19.1 Å². The lowest BCUT2D eigenvalue weighted by Gasteiger charge is -2.38. The van der Waals surface area contributed by atoms with Crippen molar-refractivity contribution in [1.29, 1.82) is 0 Å². The zero-order valence-electron chi connectivity index (χ0n) is 15.3. The molecule has 2 fully saturated rings. The van der Waals surface area contributed by atoms with E-state index in [0.717, 1.165) is 44.5 Å². The van der Waals surface area contributed by atoms with Crippen molar-refractivity contribution >= 4 is 17.6 Å². The van der Waals surface area contributed by atoms with Gasteiger partial charge in [0.15, 0.2) is 0 Å². The number of hydrogen-bond donors (Lipinski definition) is 3. The molecule has 3 rings (SSSR count). The van der Waals surface area contributed by atoms with Crippen LogP contribution in [0.25, 0.3) is 0 Å². The molecule has 7 heteroatoms. The molecule has 0 spiro atoms. The Morgan fingerprint density at radius 3 is 2.42 bits per heavy atom.